The molecule has 0 atom stereocenters. The van der Waals surface area contributed by atoms with Crippen LogP contribution in [0.5, 0.6) is 0 Å². The van der Waals surface area contributed by atoms with E-state index in [4.69, 9.17) is 10.8 Å². The number of carbonyl (C=O) groups excluding carboxylic acids is 1. The Morgan fingerprint density at radius 2 is 2.15 bits per heavy atom. The van der Waals surface area contributed by atoms with Crippen LogP contribution in [0.3, 0.4) is 0 Å². The van der Waals surface area contributed by atoms with Crippen LogP contribution in [-0.2, 0) is 14.8 Å². The molecule has 0 fully saturated rings. The normalized spacial score (nSPS) is 10.7. The molecule has 0 unspecified atom stereocenters. The quantitative estimate of drug-likeness (QED) is 0.626. The summed E-state index contributed by atoms with van der Waals surface area (Å²) in [7, 11) is -3.94. The predicted molar refractivity (Wildman–Crippen MR) is 69.4 cm³/mol. The zero-order valence-electron chi connectivity index (χ0n) is 10.4. The lowest BCUT2D eigenvalue weighted by atomic mass is 10.2. The van der Waals surface area contributed by atoms with Crippen LogP contribution in [0.1, 0.15) is 12.0 Å². The molecule has 0 aliphatic carbocycles. The summed E-state index contributed by atoms with van der Waals surface area (Å²) in [5.74, 6) is 3.31. The third-order valence-electron chi connectivity index (χ3n) is 2.20. The van der Waals surface area contributed by atoms with E-state index < -0.39 is 28.4 Å². The van der Waals surface area contributed by atoms with Gasteiger partial charge < -0.3 is 10.8 Å². The molecule has 1 aromatic carbocycles. The van der Waals surface area contributed by atoms with E-state index in [1.54, 1.807) is 0 Å². The van der Waals surface area contributed by atoms with E-state index in [0.717, 1.165) is 18.2 Å². The van der Waals surface area contributed by atoms with Crippen LogP contribution >= 0.6 is 0 Å². The minimum atomic E-state index is -3.94. The van der Waals surface area contributed by atoms with Gasteiger partial charge in [0.15, 0.2) is 0 Å². The monoisotopic (exact) mass is 300 g/mol. The fourth-order valence-corrected chi connectivity index (χ4v) is 2.53. The molecule has 0 aliphatic heterocycles. The maximum absolute atomic E-state index is 13.1. The van der Waals surface area contributed by atoms with Crippen molar-refractivity contribution >= 4 is 15.9 Å². The average molecular weight is 300 g/mol. The van der Waals surface area contributed by atoms with Crippen LogP contribution in [-0.4, -0.2) is 32.6 Å². The van der Waals surface area contributed by atoms with Gasteiger partial charge in [0.25, 0.3) is 0 Å². The predicted octanol–water partition coefficient (Wildman–Crippen LogP) is -0.677. The Hall–Kier alpha value is -1.95. The number of carbonyl (C=O) groups is 1. The van der Waals surface area contributed by atoms with Crippen molar-refractivity contribution in [2.24, 2.45) is 5.73 Å². The highest BCUT2D eigenvalue weighted by Gasteiger charge is 2.18. The summed E-state index contributed by atoms with van der Waals surface area (Å²) in [6, 6.07) is 2.99. The number of nitrogens with two attached hydrogens (primary N) is 1. The van der Waals surface area contributed by atoms with Crippen molar-refractivity contribution in [3.8, 4) is 11.8 Å². The summed E-state index contributed by atoms with van der Waals surface area (Å²) >= 11 is 0. The molecule has 0 saturated carbocycles. The molecule has 0 saturated heterocycles. The van der Waals surface area contributed by atoms with E-state index in [1.165, 1.54) is 0 Å². The first kappa shape index (κ1) is 16.1. The number of hydrogen-bond acceptors (Lipinski definition) is 4. The molecule has 20 heavy (non-hydrogen) atoms. The number of benzene rings is 1. The van der Waals surface area contributed by atoms with E-state index in [1.807, 2.05) is 0 Å². The van der Waals surface area contributed by atoms with E-state index >= 15 is 0 Å². The number of aliphatic hydroxyl groups excluding tert-OH is 1. The first-order valence-electron chi connectivity index (χ1n) is 5.54. The van der Waals surface area contributed by atoms with Gasteiger partial charge in [-0.1, -0.05) is 11.8 Å². The van der Waals surface area contributed by atoms with Gasteiger partial charge in [0.2, 0.25) is 15.9 Å². The van der Waals surface area contributed by atoms with Crippen molar-refractivity contribution in [2.75, 3.05) is 13.2 Å². The van der Waals surface area contributed by atoms with Gasteiger partial charge >= 0.3 is 0 Å². The van der Waals surface area contributed by atoms with E-state index in [0.29, 0.717) is 0 Å². The molecule has 0 aliphatic rings. The van der Waals surface area contributed by atoms with Crippen molar-refractivity contribution in [2.45, 2.75) is 11.3 Å². The van der Waals surface area contributed by atoms with E-state index in [9.17, 15) is 17.6 Å². The molecule has 0 radical (unpaired) electrons. The minimum Gasteiger partial charge on any atom is -0.384 e. The lowest BCUT2D eigenvalue weighted by Crippen LogP contribution is -2.28. The number of hydrogen-bond donors (Lipinski definition) is 3. The first-order valence-corrected chi connectivity index (χ1v) is 7.02. The minimum absolute atomic E-state index is 0.0781. The van der Waals surface area contributed by atoms with E-state index in [-0.39, 0.29) is 23.4 Å². The Balaban J connectivity index is 3.07. The summed E-state index contributed by atoms with van der Waals surface area (Å²) in [6.45, 7) is -0.646. The number of rotatable bonds is 5. The molecule has 4 N–H and O–H groups in total. The number of nitrogens with one attached hydrogen (secondary N) is 1. The number of halogens is 1. The first-order chi connectivity index (χ1) is 9.36. The summed E-state index contributed by atoms with van der Waals surface area (Å²) < 4.78 is 39.3. The molecular weight excluding hydrogens is 287 g/mol. The van der Waals surface area contributed by atoms with Gasteiger partial charge in [-0.05, 0) is 18.2 Å². The molecule has 6 nitrogen and oxygen atoms in total. The van der Waals surface area contributed by atoms with Gasteiger partial charge in [-0.25, -0.2) is 17.5 Å². The number of amides is 1. The summed E-state index contributed by atoms with van der Waals surface area (Å²) in [5, 5.41) is 8.61. The molecule has 1 rings (SSSR count). The second kappa shape index (κ2) is 7.00. The molecule has 1 aromatic rings. The molecular formula is C12H13FN2O4S. The zero-order chi connectivity index (χ0) is 15.2. The highest BCUT2D eigenvalue weighted by molar-refractivity contribution is 7.89. The van der Waals surface area contributed by atoms with Crippen LogP contribution in [0.4, 0.5) is 4.39 Å². The maximum atomic E-state index is 13.1. The van der Waals surface area contributed by atoms with Crippen molar-refractivity contribution < 1.29 is 22.7 Å². The van der Waals surface area contributed by atoms with Gasteiger partial charge in [-0.3, -0.25) is 4.79 Å². The molecule has 0 aromatic heterocycles. The van der Waals surface area contributed by atoms with Crippen LogP contribution in [0.2, 0.25) is 0 Å². The molecule has 0 bridgehead atoms. The fourth-order valence-electron chi connectivity index (χ4n) is 1.36. The summed E-state index contributed by atoms with van der Waals surface area (Å²) in [5.41, 5.74) is 4.82. The fraction of sp³-hybridized carbons (Fsp3) is 0.250. The van der Waals surface area contributed by atoms with Crippen molar-refractivity contribution in [1.82, 2.24) is 4.72 Å². The lowest BCUT2D eigenvalue weighted by Gasteiger charge is -2.08. The topological polar surface area (TPSA) is 109 Å². The number of sulfonamides is 1. The molecule has 108 valence electrons. The van der Waals surface area contributed by atoms with Gasteiger partial charge in [-0.2, -0.15) is 0 Å². The number of primary amides is 1. The van der Waals surface area contributed by atoms with Gasteiger partial charge in [-0.15, -0.1) is 0 Å². The Bertz CT molecular complexity index is 662. The van der Waals surface area contributed by atoms with Crippen LogP contribution in [0, 0.1) is 17.7 Å². The molecule has 8 heteroatoms. The third kappa shape index (κ3) is 4.62. The Kier molecular flexibility index (Phi) is 5.64. The second-order valence-electron chi connectivity index (χ2n) is 3.71. The van der Waals surface area contributed by atoms with Crippen LogP contribution in [0.25, 0.3) is 0 Å². The largest absolute Gasteiger partial charge is 0.384 e. The lowest BCUT2D eigenvalue weighted by molar-refractivity contribution is -0.117. The van der Waals surface area contributed by atoms with Gasteiger partial charge in [0.1, 0.15) is 12.4 Å². The standard InChI is InChI=1S/C12H13FN2O4S/c13-10-3-4-11(9(8-10)2-1-7-16)20(18,19)15-6-5-12(14)17/h3-4,8,15-16H,5-7H2,(H2,14,17). The second-order valence-corrected chi connectivity index (χ2v) is 5.45. The molecule has 0 heterocycles. The van der Waals surface area contributed by atoms with Crippen molar-refractivity contribution in [3.63, 3.8) is 0 Å². The highest BCUT2D eigenvalue weighted by atomic mass is 32.2. The third-order valence-corrected chi connectivity index (χ3v) is 3.72. The smallest absolute Gasteiger partial charge is 0.241 e. The Labute approximate surface area is 115 Å². The zero-order valence-corrected chi connectivity index (χ0v) is 11.2. The molecule has 0 spiro atoms. The Morgan fingerprint density at radius 3 is 2.75 bits per heavy atom. The molecule has 1 amide bonds. The Morgan fingerprint density at radius 1 is 1.45 bits per heavy atom. The van der Waals surface area contributed by atoms with E-state index in [2.05, 4.69) is 16.6 Å². The maximum Gasteiger partial charge on any atom is 0.241 e. The van der Waals surface area contributed by atoms with Gasteiger partial charge in [0, 0.05) is 18.5 Å². The average Bonchev–Trinajstić information content (AvgIpc) is 2.35. The van der Waals surface area contributed by atoms with Crippen molar-refractivity contribution in [3.05, 3.63) is 29.6 Å². The summed E-state index contributed by atoms with van der Waals surface area (Å²) in [4.78, 5) is 10.3. The summed E-state index contributed by atoms with van der Waals surface area (Å²) in [6.07, 6.45) is -0.155. The van der Waals surface area contributed by atoms with Crippen molar-refractivity contribution in [1.29, 1.82) is 0 Å². The SMILES string of the molecule is NC(=O)CCNS(=O)(=O)c1ccc(F)cc1C#CCO. The van der Waals surface area contributed by atoms with Crippen LogP contribution in [0.15, 0.2) is 23.1 Å². The van der Waals surface area contributed by atoms with Gasteiger partial charge in [0.05, 0.1) is 4.90 Å². The number of aliphatic hydroxyl groups is 1. The van der Waals surface area contributed by atoms with Crippen LogP contribution < -0.4 is 10.5 Å². The highest BCUT2D eigenvalue weighted by Crippen LogP contribution is 2.16.